The lowest BCUT2D eigenvalue weighted by Gasteiger charge is -2.07. The Labute approximate surface area is 165 Å². The maximum atomic E-state index is 12.1. The van der Waals surface area contributed by atoms with Crippen LogP contribution in [0.5, 0.6) is 5.75 Å². The Bertz CT molecular complexity index is 1120. The summed E-state index contributed by atoms with van der Waals surface area (Å²) in [4.78, 5) is 34.5. The van der Waals surface area contributed by atoms with Crippen LogP contribution in [0.15, 0.2) is 65.8 Å². The Balaban J connectivity index is 1.66. The molecule has 0 bridgehead atoms. The van der Waals surface area contributed by atoms with Gasteiger partial charge >= 0.3 is 17.5 Å². The second-order valence-electron chi connectivity index (χ2n) is 5.87. The molecule has 2 amide bonds. The summed E-state index contributed by atoms with van der Waals surface area (Å²) in [6, 6.07) is 17.0. The molecule has 0 atom stereocenters. The summed E-state index contributed by atoms with van der Waals surface area (Å²) in [7, 11) is 1.32. The van der Waals surface area contributed by atoms with Gasteiger partial charge in [-0.2, -0.15) is 5.10 Å². The maximum absolute atomic E-state index is 12.1. The third-order valence-electron chi connectivity index (χ3n) is 4.02. The fourth-order valence-corrected chi connectivity index (χ4v) is 2.66. The summed E-state index contributed by atoms with van der Waals surface area (Å²) in [5.41, 5.74) is 2.71. The van der Waals surface area contributed by atoms with Gasteiger partial charge in [-0.15, -0.1) is 0 Å². The number of nitrogens with zero attached hydrogens (tertiary/aromatic N) is 2. The first-order valence-corrected chi connectivity index (χ1v) is 8.44. The first-order valence-electron chi connectivity index (χ1n) is 8.44. The van der Waals surface area contributed by atoms with E-state index in [0.717, 1.165) is 10.8 Å². The molecule has 3 aromatic carbocycles. The number of amides is 2. The lowest BCUT2D eigenvalue weighted by molar-refractivity contribution is -0.385. The molecule has 9 nitrogen and oxygen atoms in total. The lowest BCUT2D eigenvalue weighted by atomic mass is 10.1. The highest BCUT2D eigenvalue weighted by molar-refractivity contribution is 6.40. The van der Waals surface area contributed by atoms with Crippen LogP contribution in [-0.4, -0.2) is 30.1 Å². The predicted octanol–water partition coefficient (Wildman–Crippen LogP) is 2.85. The van der Waals surface area contributed by atoms with E-state index in [1.165, 1.54) is 31.5 Å². The van der Waals surface area contributed by atoms with E-state index in [9.17, 15) is 19.7 Å². The first-order chi connectivity index (χ1) is 14.0. The Morgan fingerprint density at radius 1 is 1.07 bits per heavy atom. The predicted molar refractivity (Wildman–Crippen MR) is 108 cm³/mol. The number of methoxy groups -OCH3 is 1. The van der Waals surface area contributed by atoms with E-state index in [1.54, 1.807) is 12.1 Å². The molecule has 0 aliphatic carbocycles. The molecule has 0 spiro atoms. The number of nitro benzene ring substituents is 1. The van der Waals surface area contributed by atoms with Gasteiger partial charge in [0.25, 0.3) is 0 Å². The Morgan fingerprint density at radius 3 is 2.59 bits per heavy atom. The van der Waals surface area contributed by atoms with Crippen LogP contribution in [0, 0.1) is 10.1 Å². The summed E-state index contributed by atoms with van der Waals surface area (Å²) in [5, 5.41) is 19.0. The van der Waals surface area contributed by atoms with Crippen LogP contribution in [0.25, 0.3) is 10.8 Å². The number of nitro groups is 1. The highest BCUT2D eigenvalue weighted by Crippen LogP contribution is 2.27. The number of hydrogen-bond acceptors (Lipinski definition) is 6. The standard InChI is InChI=1S/C20H16N4O5/c1-29-18-10-9-13(11-17(18)24(27)28)12-21-23-20(26)19(25)22-16-8-4-6-14-5-2-3-7-15(14)16/h2-12H,1H3,(H,22,25)(H,23,26)/b21-12+. The van der Waals surface area contributed by atoms with E-state index in [2.05, 4.69) is 15.8 Å². The minimum absolute atomic E-state index is 0.102. The number of ether oxygens (including phenoxy) is 1. The molecule has 0 unspecified atom stereocenters. The highest BCUT2D eigenvalue weighted by Gasteiger charge is 2.16. The minimum atomic E-state index is -0.975. The number of benzene rings is 3. The molecule has 0 saturated carbocycles. The van der Waals surface area contributed by atoms with Gasteiger partial charge in [0.1, 0.15) is 0 Å². The summed E-state index contributed by atoms with van der Waals surface area (Å²) < 4.78 is 4.91. The molecule has 0 aliphatic heterocycles. The highest BCUT2D eigenvalue weighted by atomic mass is 16.6. The monoisotopic (exact) mass is 392 g/mol. The number of hydrazone groups is 1. The summed E-state index contributed by atoms with van der Waals surface area (Å²) in [6.07, 6.45) is 1.19. The van der Waals surface area contributed by atoms with Crippen LogP contribution >= 0.6 is 0 Å². The molecular formula is C20H16N4O5. The molecule has 0 aromatic heterocycles. The third-order valence-corrected chi connectivity index (χ3v) is 4.02. The number of anilines is 1. The van der Waals surface area contributed by atoms with Gasteiger partial charge in [-0.05, 0) is 23.6 Å². The van der Waals surface area contributed by atoms with E-state index in [4.69, 9.17) is 4.74 Å². The number of fused-ring (bicyclic) bond motifs is 1. The number of nitrogens with one attached hydrogen (secondary N) is 2. The van der Waals surface area contributed by atoms with Gasteiger partial charge in [-0.25, -0.2) is 5.43 Å². The summed E-state index contributed by atoms with van der Waals surface area (Å²) in [6.45, 7) is 0. The SMILES string of the molecule is COc1ccc(/C=N/NC(=O)C(=O)Nc2cccc3ccccc23)cc1[N+](=O)[O-]. The average Bonchev–Trinajstić information content (AvgIpc) is 2.73. The van der Waals surface area contributed by atoms with Crippen molar-refractivity contribution in [3.8, 4) is 5.75 Å². The van der Waals surface area contributed by atoms with Gasteiger partial charge in [0.2, 0.25) is 0 Å². The number of rotatable bonds is 5. The summed E-state index contributed by atoms with van der Waals surface area (Å²) >= 11 is 0. The van der Waals surface area contributed by atoms with Gasteiger partial charge in [0, 0.05) is 22.7 Å². The molecule has 0 fully saturated rings. The van der Waals surface area contributed by atoms with E-state index < -0.39 is 16.7 Å². The van der Waals surface area contributed by atoms with E-state index in [1.807, 2.05) is 30.3 Å². The van der Waals surface area contributed by atoms with Crippen molar-refractivity contribution in [2.75, 3.05) is 12.4 Å². The molecule has 0 aliphatic rings. The molecule has 3 aromatic rings. The topological polar surface area (TPSA) is 123 Å². The molecular weight excluding hydrogens is 376 g/mol. The van der Waals surface area contributed by atoms with Crippen molar-refractivity contribution >= 4 is 40.2 Å². The van der Waals surface area contributed by atoms with E-state index in [-0.39, 0.29) is 11.4 Å². The maximum Gasteiger partial charge on any atom is 0.329 e. The molecule has 3 rings (SSSR count). The molecule has 0 saturated heterocycles. The zero-order valence-corrected chi connectivity index (χ0v) is 15.3. The van der Waals surface area contributed by atoms with Crippen molar-refractivity contribution in [1.29, 1.82) is 0 Å². The normalized spacial score (nSPS) is 10.7. The molecule has 0 radical (unpaired) electrons. The molecule has 0 heterocycles. The molecule has 2 N–H and O–H groups in total. The van der Waals surface area contributed by atoms with Crippen LogP contribution in [0.4, 0.5) is 11.4 Å². The Kier molecular flexibility index (Phi) is 5.79. The zero-order valence-electron chi connectivity index (χ0n) is 15.3. The first kappa shape index (κ1) is 19.5. The number of hydrogen-bond donors (Lipinski definition) is 2. The van der Waals surface area contributed by atoms with Gasteiger partial charge < -0.3 is 10.1 Å². The summed E-state index contributed by atoms with van der Waals surface area (Å²) in [5.74, 6) is -1.76. The van der Waals surface area contributed by atoms with Gasteiger partial charge in [0.15, 0.2) is 5.75 Å². The van der Waals surface area contributed by atoms with Crippen molar-refractivity contribution in [1.82, 2.24) is 5.43 Å². The van der Waals surface area contributed by atoms with Gasteiger partial charge in [-0.1, -0.05) is 36.4 Å². The zero-order chi connectivity index (χ0) is 20.8. The largest absolute Gasteiger partial charge is 0.490 e. The van der Waals surface area contributed by atoms with Crippen molar-refractivity contribution in [3.05, 3.63) is 76.3 Å². The molecule has 9 heteroatoms. The third kappa shape index (κ3) is 4.53. The van der Waals surface area contributed by atoms with Crippen LogP contribution in [-0.2, 0) is 9.59 Å². The van der Waals surface area contributed by atoms with Gasteiger partial charge in [-0.3, -0.25) is 19.7 Å². The Morgan fingerprint density at radius 2 is 1.83 bits per heavy atom. The second kappa shape index (κ2) is 8.61. The number of carbonyl (C=O) groups is 2. The fourth-order valence-electron chi connectivity index (χ4n) is 2.66. The van der Waals surface area contributed by atoms with Crippen molar-refractivity contribution < 1.29 is 19.2 Å². The fraction of sp³-hybridized carbons (Fsp3) is 0.0500. The van der Waals surface area contributed by atoms with E-state index in [0.29, 0.717) is 11.3 Å². The minimum Gasteiger partial charge on any atom is -0.490 e. The lowest BCUT2D eigenvalue weighted by Crippen LogP contribution is -2.32. The number of carbonyl (C=O) groups excluding carboxylic acids is 2. The van der Waals surface area contributed by atoms with Gasteiger partial charge in [0.05, 0.1) is 18.2 Å². The van der Waals surface area contributed by atoms with E-state index >= 15 is 0 Å². The van der Waals surface area contributed by atoms with Crippen LogP contribution in [0.1, 0.15) is 5.56 Å². The van der Waals surface area contributed by atoms with Crippen LogP contribution < -0.4 is 15.5 Å². The van der Waals surface area contributed by atoms with Crippen LogP contribution in [0.3, 0.4) is 0 Å². The second-order valence-corrected chi connectivity index (χ2v) is 5.87. The van der Waals surface area contributed by atoms with Crippen LogP contribution in [0.2, 0.25) is 0 Å². The average molecular weight is 392 g/mol. The quantitative estimate of drug-likeness (QED) is 0.299. The van der Waals surface area contributed by atoms with Crippen molar-refractivity contribution in [2.24, 2.45) is 5.10 Å². The Hall–Kier alpha value is -4.27. The van der Waals surface area contributed by atoms with Crippen molar-refractivity contribution in [3.63, 3.8) is 0 Å². The molecule has 146 valence electrons. The van der Waals surface area contributed by atoms with Crippen molar-refractivity contribution in [2.45, 2.75) is 0 Å². The smallest absolute Gasteiger partial charge is 0.329 e. The molecule has 29 heavy (non-hydrogen) atoms.